The lowest BCUT2D eigenvalue weighted by Crippen LogP contribution is -2.44. The number of hydrogen-bond donors (Lipinski definition) is 1. The van der Waals surface area contributed by atoms with Gasteiger partial charge in [0, 0.05) is 23.9 Å². The summed E-state index contributed by atoms with van der Waals surface area (Å²) < 4.78 is 0. The van der Waals surface area contributed by atoms with Gasteiger partial charge in [0.15, 0.2) is 0 Å². The van der Waals surface area contributed by atoms with Crippen molar-refractivity contribution in [2.24, 2.45) is 5.92 Å². The fourth-order valence-electron chi connectivity index (χ4n) is 3.20. The lowest BCUT2D eigenvalue weighted by molar-refractivity contribution is 0.320. The molecule has 2 heteroatoms. The first-order valence-electron chi connectivity index (χ1n) is 7.01. The van der Waals surface area contributed by atoms with Crippen LogP contribution in [0, 0.1) is 5.92 Å². The summed E-state index contributed by atoms with van der Waals surface area (Å²) in [5.74, 6) is 0.914. The van der Waals surface area contributed by atoms with Crippen LogP contribution in [-0.4, -0.2) is 17.1 Å². The first kappa shape index (κ1) is 11.2. The van der Waals surface area contributed by atoms with Crippen molar-refractivity contribution in [3.05, 3.63) is 29.6 Å². The summed E-state index contributed by atoms with van der Waals surface area (Å²) in [5, 5.41) is 3.77. The summed E-state index contributed by atoms with van der Waals surface area (Å²) in [4.78, 5) is 4.63. The molecule has 0 radical (unpaired) electrons. The van der Waals surface area contributed by atoms with Crippen LogP contribution in [0.3, 0.4) is 0 Å². The molecule has 1 saturated heterocycles. The average Bonchev–Trinajstić information content (AvgIpc) is 3.13. The Morgan fingerprint density at radius 1 is 1.41 bits per heavy atom. The highest BCUT2D eigenvalue weighted by molar-refractivity contribution is 5.18. The largest absolute Gasteiger partial charge is 0.311 e. The molecule has 1 saturated carbocycles. The molecule has 1 N–H and O–H groups in total. The normalized spacial score (nSPS) is 28.5. The van der Waals surface area contributed by atoms with Crippen LogP contribution in [0.25, 0.3) is 0 Å². The Labute approximate surface area is 104 Å². The SMILES string of the molecule is CCc1ccc(CC2(C3CC3)CCCN2)nc1. The minimum atomic E-state index is 0.390. The van der Waals surface area contributed by atoms with E-state index in [1.165, 1.54) is 43.5 Å². The number of nitrogens with zero attached hydrogens (tertiary/aromatic N) is 1. The van der Waals surface area contributed by atoms with Crippen molar-refractivity contribution in [3.63, 3.8) is 0 Å². The molecule has 1 aromatic heterocycles. The van der Waals surface area contributed by atoms with Crippen molar-refractivity contribution in [1.82, 2.24) is 10.3 Å². The van der Waals surface area contributed by atoms with E-state index >= 15 is 0 Å². The van der Waals surface area contributed by atoms with Gasteiger partial charge in [-0.1, -0.05) is 13.0 Å². The minimum Gasteiger partial charge on any atom is -0.311 e. The lowest BCUT2D eigenvalue weighted by atomic mass is 9.86. The van der Waals surface area contributed by atoms with Crippen LogP contribution < -0.4 is 5.32 Å². The van der Waals surface area contributed by atoms with Gasteiger partial charge in [0.1, 0.15) is 0 Å². The van der Waals surface area contributed by atoms with Gasteiger partial charge in [-0.25, -0.2) is 0 Å². The van der Waals surface area contributed by atoms with Crippen molar-refractivity contribution in [3.8, 4) is 0 Å². The minimum absolute atomic E-state index is 0.390. The van der Waals surface area contributed by atoms with E-state index in [0.717, 1.165) is 18.8 Å². The van der Waals surface area contributed by atoms with Crippen molar-refractivity contribution in [1.29, 1.82) is 0 Å². The van der Waals surface area contributed by atoms with E-state index in [-0.39, 0.29) is 0 Å². The number of rotatable bonds is 4. The third kappa shape index (κ3) is 2.23. The van der Waals surface area contributed by atoms with Crippen LogP contribution in [0.15, 0.2) is 18.3 Å². The van der Waals surface area contributed by atoms with Gasteiger partial charge in [0.05, 0.1) is 0 Å². The van der Waals surface area contributed by atoms with E-state index in [4.69, 9.17) is 0 Å². The molecule has 2 nitrogen and oxygen atoms in total. The predicted octanol–water partition coefficient (Wildman–Crippen LogP) is 2.72. The Hall–Kier alpha value is -0.890. The summed E-state index contributed by atoms with van der Waals surface area (Å²) in [6.45, 7) is 3.38. The zero-order valence-corrected chi connectivity index (χ0v) is 10.7. The van der Waals surface area contributed by atoms with Crippen LogP contribution in [0.4, 0.5) is 0 Å². The molecule has 92 valence electrons. The predicted molar refractivity (Wildman–Crippen MR) is 70.0 cm³/mol. The molecule has 0 bridgehead atoms. The molecule has 3 rings (SSSR count). The molecule has 0 aromatic carbocycles. The molecular weight excluding hydrogens is 208 g/mol. The van der Waals surface area contributed by atoms with E-state index in [0.29, 0.717) is 5.54 Å². The van der Waals surface area contributed by atoms with Crippen LogP contribution in [-0.2, 0) is 12.8 Å². The molecule has 0 amide bonds. The molecular formula is C15H22N2. The van der Waals surface area contributed by atoms with Gasteiger partial charge in [-0.05, 0) is 56.2 Å². The maximum absolute atomic E-state index is 4.63. The third-order valence-corrected chi connectivity index (χ3v) is 4.43. The second-order valence-corrected chi connectivity index (χ2v) is 5.65. The summed E-state index contributed by atoms with van der Waals surface area (Å²) in [5.41, 5.74) is 3.00. The van der Waals surface area contributed by atoms with Crippen LogP contribution >= 0.6 is 0 Å². The van der Waals surface area contributed by atoms with E-state index in [1.807, 2.05) is 6.20 Å². The van der Waals surface area contributed by atoms with E-state index in [2.05, 4.69) is 29.4 Å². The first-order chi connectivity index (χ1) is 8.32. The van der Waals surface area contributed by atoms with Crippen LogP contribution in [0.5, 0.6) is 0 Å². The van der Waals surface area contributed by atoms with Gasteiger partial charge in [-0.3, -0.25) is 4.98 Å². The van der Waals surface area contributed by atoms with Crippen molar-refractivity contribution >= 4 is 0 Å². The van der Waals surface area contributed by atoms with E-state index in [9.17, 15) is 0 Å². The summed E-state index contributed by atoms with van der Waals surface area (Å²) in [6, 6.07) is 4.46. The van der Waals surface area contributed by atoms with Crippen molar-refractivity contribution in [2.75, 3.05) is 6.54 Å². The Morgan fingerprint density at radius 3 is 2.82 bits per heavy atom. The zero-order chi connectivity index (χ0) is 11.7. The quantitative estimate of drug-likeness (QED) is 0.860. The summed E-state index contributed by atoms with van der Waals surface area (Å²) >= 11 is 0. The molecule has 1 aromatic rings. The molecule has 1 atom stereocenters. The fourth-order valence-corrected chi connectivity index (χ4v) is 3.20. The summed E-state index contributed by atoms with van der Waals surface area (Å²) in [7, 11) is 0. The second-order valence-electron chi connectivity index (χ2n) is 5.65. The van der Waals surface area contributed by atoms with Gasteiger partial charge in [-0.15, -0.1) is 0 Å². The molecule has 2 aliphatic rings. The van der Waals surface area contributed by atoms with Gasteiger partial charge in [0.25, 0.3) is 0 Å². The van der Waals surface area contributed by atoms with E-state index in [1.54, 1.807) is 0 Å². The Balaban J connectivity index is 1.75. The van der Waals surface area contributed by atoms with Crippen molar-refractivity contribution in [2.45, 2.75) is 51.0 Å². The molecule has 1 unspecified atom stereocenters. The fraction of sp³-hybridized carbons (Fsp3) is 0.667. The number of pyridine rings is 1. The standard InChI is InChI=1S/C15H22N2/c1-2-12-4-7-14(16-11-12)10-15(13-5-6-13)8-3-9-17-15/h4,7,11,13,17H,2-3,5-6,8-10H2,1H3. The highest BCUT2D eigenvalue weighted by Gasteiger charge is 2.46. The number of hydrogen-bond acceptors (Lipinski definition) is 2. The lowest BCUT2D eigenvalue weighted by Gasteiger charge is -2.29. The Morgan fingerprint density at radius 2 is 2.29 bits per heavy atom. The molecule has 2 fully saturated rings. The molecule has 1 aliphatic heterocycles. The molecule has 2 heterocycles. The molecule has 1 aliphatic carbocycles. The zero-order valence-electron chi connectivity index (χ0n) is 10.7. The summed E-state index contributed by atoms with van der Waals surface area (Å²) in [6.07, 6.45) is 9.77. The first-order valence-corrected chi connectivity index (χ1v) is 7.01. The topological polar surface area (TPSA) is 24.9 Å². The second kappa shape index (κ2) is 4.41. The Kier molecular flexibility index (Phi) is 2.91. The van der Waals surface area contributed by atoms with Crippen molar-refractivity contribution < 1.29 is 0 Å². The van der Waals surface area contributed by atoms with Crippen LogP contribution in [0.1, 0.15) is 43.9 Å². The monoisotopic (exact) mass is 230 g/mol. The van der Waals surface area contributed by atoms with Gasteiger partial charge >= 0.3 is 0 Å². The maximum atomic E-state index is 4.63. The number of aromatic nitrogens is 1. The highest BCUT2D eigenvalue weighted by atomic mass is 15.0. The average molecular weight is 230 g/mol. The number of aryl methyl sites for hydroxylation is 1. The smallest absolute Gasteiger partial charge is 0.0422 e. The van der Waals surface area contributed by atoms with Gasteiger partial charge in [0.2, 0.25) is 0 Å². The molecule has 17 heavy (non-hydrogen) atoms. The highest BCUT2D eigenvalue weighted by Crippen LogP contribution is 2.45. The van der Waals surface area contributed by atoms with Gasteiger partial charge < -0.3 is 5.32 Å². The van der Waals surface area contributed by atoms with E-state index < -0.39 is 0 Å². The third-order valence-electron chi connectivity index (χ3n) is 4.43. The maximum Gasteiger partial charge on any atom is 0.0422 e. The molecule has 0 spiro atoms. The number of nitrogens with one attached hydrogen (secondary N) is 1. The van der Waals surface area contributed by atoms with Gasteiger partial charge in [-0.2, -0.15) is 0 Å². The Bertz CT molecular complexity index is 372. The van der Waals surface area contributed by atoms with Crippen LogP contribution in [0.2, 0.25) is 0 Å².